The number of hydrogen-bond donors (Lipinski definition) is 4. The molecule has 3 aromatic heterocycles. The van der Waals surface area contributed by atoms with Gasteiger partial charge in [-0.1, -0.05) is 18.2 Å². The summed E-state index contributed by atoms with van der Waals surface area (Å²) in [7, 11) is 0. The smallest absolute Gasteiger partial charge is 0.265 e. The molecule has 0 aliphatic heterocycles. The zero-order chi connectivity index (χ0) is 25.9. The SMILES string of the molecule is O=C(CC(c1ccc2nccnc2c1)c1c(O)nc2ccccn2c1=O)NCCc1ccc(O)c(O)c1. The van der Waals surface area contributed by atoms with Crippen LogP contribution in [0.3, 0.4) is 0 Å². The second-order valence-electron chi connectivity index (χ2n) is 8.57. The number of nitrogens with zero attached hydrogens (tertiary/aromatic N) is 4. The van der Waals surface area contributed by atoms with Crippen molar-refractivity contribution in [3.63, 3.8) is 0 Å². The Bertz CT molecular complexity index is 1680. The first-order valence-electron chi connectivity index (χ1n) is 11.6. The molecule has 1 atom stereocenters. The van der Waals surface area contributed by atoms with Crippen molar-refractivity contribution in [1.29, 1.82) is 0 Å². The van der Waals surface area contributed by atoms with Gasteiger partial charge < -0.3 is 20.6 Å². The first-order valence-corrected chi connectivity index (χ1v) is 11.6. The van der Waals surface area contributed by atoms with Crippen LogP contribution in [0.2, 0.25) is 0 Å². The summed E-state index contributed by atoms with van der Waals surface area (Å²) < 4.78 is 1.33. The average Bonchev–Trinajstić information content (AvgIpc) is 2.90. The van der Waals surface area contributed by atoms with E-state index in [1.54, 1.807) is 61.1 Å². The molecule has 10 nitrogen and oxygen atoms in total. The summed E-state index contributed by atoms with van der Waals surface area (Å²) in [6.07, 6.45) is 4.98. The number of aromatic hydroxyl groups is 3. The summed E-state index contributed by atoms with van der Waals surface area (Å²) in [6, 6.07) is 14.7. The van der Waals surface area contributed by atoms with Crippen molar-refractivity contribution < 1.29 is 20.1 Å². The quantitative estimate of drug-likeness (QED) is 0.251. The largest absolute Gasteiger partial charge is 0.504 e. The summed E-state index contributed by atoms with van der Waals surface area (Å²) in [5, 5.41) is 32.8. The molecule has 0 radical (unpaired) electrons. The van der Waals surface area contributed by atoms with E-state index in [9.17, 15) is 24.9 Å². The molecule has 1 unspecified atom stereocenters. The molecule has 4 N–H and O–H groups in total. The highest BCUT2D eigenvalue weighted by Gasteiger charge is 2.27. The molecule has 0 saturated heterocycles. The molecule has 3 heterocycles. The maximum atomic E-state index is 13.4. The fourth-order valence-electron chi connectivity index (χ4n) is 4.31. The Labute approximate surface area is 210 Å². The third-order valence-corrected chi connectivity index (χ3v) is 6.16. The van der Waals surface area contributed by atoms with E-state index < -0.39 is 17.4 Å². The number of nitrogens with one attached hydrogen (secondary N) is 1. The van der Waals surface area contributed by atoms with Crippen LogP contribution in [-0.4, -0.2) is 47.1 Å². The molecule has 5 aromatic rings. The summed E-state index contributed by atoms with van der Waals surface area (Å²) in [6.45, 7) is 0.264. The van der Waals surface area contributed by atoms with Gasteiger partial charge in [-0.15, -0.1) is 0 Å². The highest BCUT2D eigenvalue weighted by molar-refractivity contribution is 5.79. The van der Waals surface area contributed by atoms with Gasteiger partial charge in [-0.05, 0) is 53.9 Å². The van der Waals surface area contributed by atoms with Gasteiger partial charge in [0.2, 0.25) is 11.8 Å². The monoisotopic (exact) mass is 497 g/mol. The fourth-order valence-corrected chi connectivity index (χ4v) is 4.31. The van der Waals surface area contributed by atoms with Crippen LogP contribution in [0.25, 0.3) is 16.7 Å². The minimum Gasteiger partial charge on any atom is -0.504 e. The Kier molecular flexibility index (Phi) is 6.38. The zero-order valence-corrected chi connectivity index (χ0v) is 19.6. The Morgan fingerprint density at radius 2 is 1.76 bits per heavy atom. The molecule has 37 heavy (non-hydrogen) atoms. The van der Waals surface area contributed by atoms with Gasteiger partial charge in [0, 0.05) is 37.5 Å². The Morgan fingerprint density at radius 1 is 0.946 bits per heavy atom. The fraction of sp³-hybridized carbons (Fsp3) is 0.148. The van der Waals surface area contributed by atoms with Crippen LogP contribution in [0.15, 0.2) is 78.0 Å². The molecule has 0 fully saturated rings. The number of rotatable bonds is 7. The second kappa shape index (κ2) is 9.94. The molecule has 5 rings (SSSR count). The van der Waals surface area contributed by atoms with E-state index in [1.807, 2.05) is 0 Å². The van der Waals surface area contributed by atoms with Crippen LogP contribution in [0.1, 0.15) is 29.0 Å². The van der Waals surface area contributed by atoms with Crippen molar-refractivity contribution in [3.05, 3.63) is 100 Å². The second-order valence-corrected chi connectivity index (χ2v) is 8.57. The molecule has 1 amide bonds. The van der Waals surface area contributed by atoms with Crippen LogP contribution in [0.4, 0.5) is 0 Å². The lowest BCUT2D eigenvalue weighted by molar-refractivity contribution is -0.121. The zero-order valence-electron chi connectivity index (χ0n) is 19.6. The van der Waals surface area contributed by atoms with Gasteiger partial charge in [-0.25, -0.2) is 0 Å². The normalized spacial score (nSPS) is 12.0. The molecule has 186 valence electrons. The Hall–Kier alpha value is -4.99. The number of hydrogen-bond acceptors (Lipinski definition) is 8. The lowest BCUT2D eigenvalue weighted by Crippen LogP contribution is -2.30. The topological polar surface area (TPSA) is 150 Å². The van der Waals surface area contributed by atoms with Crippen molar-refractivity contribution >= 4 is 22.6 Å². The van der Waals surface area contributed by atoms with Gasteiger partial charge in [-0.2, -0.15) is 4.98 Å². The van der Waals surface area contributed by atoms with Crippen LogP contribution in [-0.2, 0) is 11.2 Å². The molecular weight excluding hydrogens is 474 g/mol. The van der Waals surface area contributed by atoms with Gasteiger partial charge in [0.25, 0.3) is 5.56 Å². The van der Waals surface area contributed by atoms with E-state index in [4.69, 9.17) is 0 Å². The minimum atomic E-state index is -0.804. The van der Waals surface area contributed by atoms with Crippen molar-refractivity contribution in [2.75, 3.05) is 6.54 Å². The van der Waals surface area contributed by atoms with Crippen molar-refractivity contribution in [2.45, 2.75) is 18.8 Å². The van der Waals surface area contributed by atoms with Crippen molar-refractivity contribution in [2.24, 2.45) is 0 Å². The third kappa shape index (κ3) is 4.90. The maximum Gasteiger partial charge on any atom is 0.265 e. The number of phenols is 2. The highest BCUT2D eigenvalue weighted by atomic mass is 16.3. The van der Waals surface area contributed by atoms with E-state index in [-0.39, 0.29) is 35.9 Å². The number of fused-ring (bicyclic) bond motifs is 2. The number of phenolic OH excluding ortho intramolecular Hbond substituents is 2. The predicted octanol–water partition coefficient (Wildman–Crippen LogP) is 2.64. The van der Waals surface area contributed by atoms with Crippen LogP contribution >= 0.6 is 0 Å². The molecule has 0 spiro atoms. The molecular formula is C27H23N5O5. The number of carbonyl (C=O) groups is 1. The molecule has 0 saturated carbocycles. The van der Waals surface area contributed by atoms with Gasteiger partial charge in [0.05, 0.1) is 16.6 Å². The number of carbonyl (C=O) groups excluding carboxylic acids is 1. The van der Waals surface area contributed by atoms with Crippen molar-refractivity contribution in [3.8, 4) is 17.4 Å². The van der Waals surface area contributed by atoms with E-state index >= 15 is 0 Å². The summed E-state index contributed by atoms with van der Waals surface area (Å²) in [5.41, 5.74) is 2.41. The molecule has 0 aliphatic carbocycles. The first-order chi connectivity index (χ1) is 17.9. The molecule has 10 heteroatoms. The van der Waals surface area contributed by atoms with E-state index in [0.717, 1.165) is 5.56 Å². The van der Waals surface area contributed by atoms with Crippen LogP contribution < -0.4 is 10.9 Å². The highest BCUT2D eigenvalue weighted by Crippen LogP contribution is 2.32. The summed E-state index contributed by atoms with van der Waals surface area (Å²) >= 11 is 0. The maximum absolute atomic E-state index is 13.4. The first kappa shape index (κ1) is 23.7. The van der Waals surface area contributed by atoms with Gasteiger partial charge in [0.15, 0.2) is 11.5 Å². The van der Waals surface area contributed by atoms with Crippen LogP contribution in [0, 0.1) is 0 Å². The molecule has 0 aliphatic rings. The number of benzene rings is 2. The van der Waals surface area contributed by atoms with Crippen LogP contribution in [0.5, 0.6) is 17.4 Å². The van der Waals surface area contributed by atoms with E-state index in [1.165, 1.54) is 16.5 Å². The standard InChI is InChI=1S/C27H23N5O5/c33-21-7-4-16(13-22(21)34)8-9-30-24(35)15-18(17-5-6-19-20(14-17)29-11-10-28-19)25-26(36)31-23-3-1-2-12-32(23)27(25)37/h1-7,10-14,18,33-34,36H,8-9,15H2,(H,30,35). The minimum absolute atomic E-state index is 0.00514. The van der Waals surface area contributed by atoms with Crippen molar-refractivity contribution in [1.82, 2.24) is 24.7 Å². The lowest BCUT2D eigenvalue weighted by atomic mass is 9.88. The predicted molar refractivity (Wildman–Crippen MR) is 136 cm³/mol. The number of pyridine rings is 1. The Balaban J connectivity index is 1.46. The van der Waals surface area contributed by atoms with E-state index in [0.29, 0.717) is 28.7 Å². The third-order valence-electron chi connectivity index (χ3n) is 6.16. The number of amides is 1. The summed E-state index contributed by atoms with van der Waals surface area (Å²) in [5.74, 6) is -2.04. The molecule has 0 bridgehead atoms. The van der Waals surface area contributed by atoms with Gasteiger partial charge >= 0.3 is 0 Å². The Morgan fingerprint density at radius 3 is 2.57 bits per heavy atom. The summed E-state index contributed by atoms with van der Waals surface area (Å²) in [4.78, 5) is 39.2. The average molecular weight is 498 g/mol. The van der Waals surface area contributed by atoms with Gasteiger partial charge in [-0.3, -0.25) is 24.0 Å². The van der Waals surface area contributed by atoms with Gasteiger partial charge in [0.1, 0.15) is 5.65 Å². The van der Waals surface area contributed by atoms with E-state index in [2.05, 4.69) is 20.3 Å². The lowest BCUT2D eigenvalue weighted by Gasteiger charge is -2.19. The number of aromatic nitrogens is 4. The molecule has 2 aromatic carbocycles.